The average Bonchev–Trinajstić information content (AvgIpc) is 2.85. The largest absolute Gasteiger partial charge is 0.481 e. The third-order valence-corrected chi connectivity index (χ3v) is 5.48. The molecule has 0 amide bonds. The number of halogens is 1. The molecule has 0 aliphatic carbocycles. The van der Waals surface area contributed by atoms with Crippen molar-refractivity contribution in [1.29, 1.82) is 0 Å². The highest BCUT2D eigenvalue weighted by molar-refractivity contribution is 6.31. The van der Waals surface area contributed by atoms with Crippen molar-refractivity contribution in [3.05, 3.63) is 53.1 Å². The lowest BCUT2D eigenvalue weighted by molar-refractivity contribution is -0.143. The van der Waals surface area contributed by atoms with Crippen molar-refractivity contribution in [2.45, 2.75) is 19.4 Å². The number of para-hydroxylation sites is 1. The highest BCUT2D eigenvalue weighted by Crippen LogP contribution is 2.39. The molecule has 0 bridgehead atoms. The van der Waals surface area contributed by atoms with E-state index in [1.807, 2.05) is 37.3 Å². The first-order valence-corrected chi connectivity index (χ1v) is 9.81. The Morgan fingerprint density at radius 3 is 2.96 bits per heavy atom. The number of aliphatic carboxylic acids is 1. The summed E-state index contributed by atoms with van der Waals surface area (Å²) in [5.74, 6) is 0.939. The summed E-state index contributed by atoms with van der Waals surface area (Å²) >= 11 is 6.18. The monoisotopic (exact) mass is 399 g/mol. The van der Waals surface area contributed by atoms with Gasteiger partial charge in [-0.1, -0.05) is 30.7 Å². The predicted molar refractivity (Wildman–Crippen MR) is 109 cm³/mol. The molecule has 2 aromatic rings. The molecule has 0 radical (unpaired) electrons. The van der Waals surface area contributed by atoms with Gasteiger partial charge in [0.15, 0.2) is 5.75 Å². The van der Waals surface area contributed by atoms with Crippen LogP contribution in [0.3, 0.4) is 0 Å². The number of carboxylic acids is 1. The lowest BCUT2D eigenvalue weighted by Crippen LogP contribution is -2.56. The fourth-order valence-electron chi connectivity index (χ4n) is 3.81. The van der Waals surface area contributed by atoms with Crippen molar-refractivity contribution in [3.63, 3.8) is 0 Å². The standard InChI is InChI=1S/C21H22ClN3O3/c1-2-14(21(26)27)17-12-25(10-9-23-17)20-15-5-3-4-6-18(15)28-19-8-7-13(22)11-16(19)24-20/h3-8,11,14,17,23H,2,9-10,12H2,1H3,(H,26,27)/t14-,17?/m1/s1. The van der Waals surface area contributed by atoms with Crippen LogP contribution < -0.4 is 10.1 Å². The van der Waals surface area contributed by atoms with Crippen molar-refractivity contribution in [2.75, 3.05) is 19.6 Å². The second-order valence-electron chi connectivity index (χ2n) is 7.01. The van der Waals surface area contributed by atoms with Crippen molar-refractivity contribution >= 4 is 29.1 Å². The number of aliphatic imine (C=N–C) groups is 1. The van der Waals surface area contributed by atoms with Gasteiger partial charge in [-0.2, -0.15) is 0 Å². The van der Waals surface area contributed by atoms with E-state index in [0.29, 0.717) is 36.0 Å². The number of amidine groups is 1. The molecule has 1 unspecified atom stereocenters. The Morgan fingerprint density at radius 1 is 1.36 bits per heavy atom. The van der Waals surface area contributed by atoms with Crippen molar-refractivity contribution in [1.82, 2.24) is 10.2 Å². The third kappa shape index (κ3) is 3.57. The second-order valence-corrected chi connectivity index (χ2v) is 7.44. The predicted octanol–water partition coefficient (Wildman–Crippen LogP) is 3.91. The number of piperazine rings is 1. The number of carboxylic acid groups (broad SMARTS) is 1. The van der Waals surface area contributed by atoms with Gasteiger partial charge in [0.05, 0.1) is 11.5 Å². The fourth-order valence-corrected chi connectivity index (χ4v) is 3.98. The normalized spacial score (nSPS) is 19.6. The van der Waals surface area contributed by atoms with Crippen LogP contribution in [0.4, 0.5) is 5.69 Å². The summed E-state index contributed by atoms with van der Waals surface area (Å²) in [6, 6.07) is 13.0. The smallest absolute Gasteiger partial charge is 0.308 e. The Bertz CT molecular complexity index is 931. The topological polar surface area (TPSA) is 74.2 Å². The number of hydrogen-bond acceptors (Lipinski definition) is 5. The first kappa shape index (κ1) is 18.8. The maximum absolute atomic E-state index is 11.6. The Kier molecular flexibility index (Phi) is 5.24. The first-order chi connectivity index (χ1) is 13.6. The summed E-state index contributed by atoms with van der Waals surface area (Å²) in [7, 11) is 0. The Balaban J connectivity index is 1.75. The maximum Gasteiger partial charge on any atom is 0.308 e. The minimum absolute atomic E-state index is 0.144. The molecule has 6 nitrogen and oxygen atoms in total. The van der Waals surface area contributed by atoms with Crippen LogP contribution in [0, 0.1) is 5.92 Å². The van der Waals surface area contributed by atoms with Gasteiger partial charge in [0.1, 0.15) is 17.3 Å². The lowest BCUT2D eigenvalue weighted by Gasteiger charge is -2.38. The zero-order valence-electron chi connectivity index (χ0n) is 15.6. The molecule has 1 fully saturated rings. The molecular formula is C21H22ClN3O3. The zero-order valence-corrected chi connectivity index (χ0v) is 16.3. The molecule has 2 N–H and O–H groups in total. The van der Waals surface area contributed by atoms with E-state index < -0.39 is 11.9 Å². The van der Waals surface area contributed by atoms with Crippen LogP contribution in [-0.2, 0) is 4.79 Å². The zero-order chi connectivity index (χ0) is 19.7. The Hall–Kier alpha value is -2.57. The fraction of sp³-hybridized carbons (Fsp3) is 0.333. The molecule has 0 spiro atoms. The van der Waals surface area contributed by atoms with Gasteiger partial charge in [0.2, 0.25) is 0 Å². The molecule has 2 aliphatic heterocycles. The molecule has 28 heavy (non-hydrogen) atoms. The van der Waals surface area contributed by atoms with Crippen LogP contribution in [0.2, 0.25) is 5.02 Å². The summed E-state index contributed by atoms with van der Waals surface area (Å²) in [5.41, 5.74) is 1.55. The maximum atomic E-state index is 11.6. The summed E-state index contributed by atoms with van der Waals surface area (Å²) < 4.78 is 6.10. The van der Waals surface area contributed by atoms with Gasteiger partial charge in [0, 0.05) is 30.7 Å². The van der Waals surface area contributed by atoms with E-state index in [1.54, 1.807) is 12.1 Å². The molecule has 7 heteroatoms. The molecule has 2 aliphatic rings. The SMILES string of the molecule is CC[C@@H](C(=O)O)C1CN(C2=Nc3cc(Cl)ccc3Oc3ccccc32)CCN1. The van der Waals surface area contributed by atoms with Crippen LogP contribution in [0.1, 0.15) is 18.9 Å². The van der Waals surface area contributed by atoms with Gasteiger partial charge in [-0.05, 0) is 36.8 Å². The van der Waals surface area contributed by atoms with E-state index >= 15 is 0 Å². The number of carbonyl (C=O) groups is 1. The van der Waals surface area contributed by atoms with Gasteiger partial charge in [-0.15, -0.1) is 0 Å². The number of nitrogens with zero attached hydrogens (tertiary/aromatic N) is 2. The average molecular weight is 400 g/mol. The molecular weight excluding hydrogens is 378 g/mol. The van der Waals surface area contributed by atoms with Crippen LogP contribution in [0.25, 0.3) is 0 Å². The molecule has 0 aromatic heterocycles. The van der Waals surface area contributed by atoms with Crippen molar-refractivity contribution < 1.29 is 14.6 Å². The Morgan fingerprint density at radius 2 is 2.18 bits per heavy atom. The molecule has 0 saturated carbocycles. The minimum atomic E-state index is -0.773. The molecule has 2 heterocycles. The summed E-state index contributed by atoms with van der Waals surface area (Å²) in [4.78, 5) is 18.7. The van der Waals surface area contributed by atoms with Crippen LogP contribution >= 0.6 is 11.6 Å². The van der Waals surface area contributed by atoms with E-state index in [-0.39, 0.29) is 6.04 Å². The molecule has 146 valence electrons. The molecule has 4 rings (SSSR count). The van der Waals surface area contributed by atoms with E-state index in [4.69, 9.17) is 21.3 Å². The van der Waals surface area contributed by atoms with Gasteiger partial charge in [-0.3, -0.25) is 4.79 Å². The van der Waals surface area contributed by atoms with E-state index in [2.05, 4.69) is 10.2 Å². The number of rotatable bonds is 3. The lowest BCUT2D eigenvalue weighted by atomic mass is 9.94. The second kappa shape index (κ2) is 7.81. The van der Waals surface area contributed by atoms with Gasteiger partial charge >= 0.3 is 5.97 Å². The summed E-state index contributed by atoms with van der Waals surface area (Å²) in [6.45, 7) is 3.90. The van der Waals surface area contributed by atoms with Gasteiger partial charge < -0.3 is 20.1 Å². The van der Waals surface area contributed by atoms with E-state index in [9.17, 15) is 9.90 Å². The molecule has 2 aromatic carbocycles. The van der Waals surface area contributed by atoms with Crippen LogP contribution in [0.5, 0.6) is 11.5 Å². The third-order valence-electron chi connectivity index (χ3n) is 5.24. The van der Waals surface area contributed by atoms with Crippen LogP contribution in [0.15, 0.2) is 47.5 Å². The summed E-state index contributed by atoms with van der Waals surface area (Å²) in [5, 5.41) is 13.5. The van der Waals surface area contributed by atoms with Crippen molar-refractivity contribution in [2.24, 2.45) is 10.9 Å². The summed E-state index contributed by atoms with van der Waals surface area (Å²) in [6.07, 6.45) is 0.575. The van der Waals surface area contributed by atoms with Gasteiger partial charge in [0.25, 0.3) is 0 Å². The Labute approximate surface area is 168 Å². The number of hydrogen-bond donors (Lipinski definition) is 2. The quantitative estimate of drug-likeness (QED) is 0.818. The number of fused-ring (bicyclic) bond motifs is 2. The number of ether oxygens (including phenoxy) is 1. The molecule has 1 saturated heterocycles. The molecule has 2 atom stereocenters. The van der Waals surface area contributed by atoms with Gasteiger partial charge in [-0.25, -0.2) is 4.99 Å². The van der Waals surface area contributed by atoms with Crippen molar-refractivity contribution in [3.8, 4) is 11.5 Å². The number of benzene rings is 2. The first-order valence-electron chi connectivity index (χ1n) is 9.43. The van der Waals surface area contributed by atoms with E-state index in [1.165, 1.54) is 0 Å². The van der Waals surface area contributed by atoms with Crippen LogP contribution in [-0.4, -0.2) is 47.5 Å². The number of nitrogens with one attached hydrogen (secondary N) is 1. The van der Waals surface area contributed by atoms with E-state index in [0.717, 1.165) is 23.7 Å². The highest BCUT2D eigenvalue weighted by Gasteiger charge is 2.33. The highest BCUT2D eigenvalue weighted by atomic mass is 35.5. The minimum Gasteiger partial charge on any atom is -0.481 e.